The van der Waals surface area contributed by atoms with Gasteiger partial charge in [0.15, 0.2) is 0 Å². The molecule has 0 unspecified atom stereocenters. The molecule has 0 bridgehead atoms. The van der Waals surface area contributed by atoms with Gasteiger partial charge in [0.25, 0.3) is 5.91 Å². The molecule has 5 nitrogen and oxygen atoms in total. The summed E-state index contributed by atoms with van der Waals surface area (Å²) >= 11 is 0. The molecule has 0 aliphatic carbocycles. The summed E-state index contributed by atoms with van der Waals surface area (Å²) in [5.74, 6) is -0.587. The van der Waals surface area contributed by atoms with Crippen LogP contribution in [0.15, 0.2) is 114 Å². The molecule has 1 heterocycles. The van der Waals surface area contributed by atoms with Gasteiger partial charge < -0.3 is 15.1 Å². The van der Waals surface area contributed by atoms with Crippen molar-refractivity contribution in [3.63, 3.8) is 0 Å². The van der Waals surface area contributed by atoms with Gasteiger partial charge in [-0.15, -0.1) is 0 Å². The molecule has 0 spiro atoms. The number of hydrogen-bond acceptors (Lipinski definition) is 3. The first-order chi connectivity index (χ1) is 16.7. The Balaban J connectivity index is 1.36. The van der Waals surface area contributed by atoms with Crippen LogP contribution in [0.1, 0.15) is 16.1 Å². The maximum atomic E-state index is 13.0. The lowest BCUT2D eigenvalue weighted by Crippen LogP contribution is -2.18. The lowest BCUT2D eigenvalue weighted by Gasteiger charge is -2.08. The monoisotopic (exact) mass is 446 g/mol. The molecule has 0 saturated heterocycles. The number of carbonyl (C=O) groups excluding carboxylic acids is 2. The fourth-order valence-corrected chi connectivity index (χ4v) is 3.85. The molecule has 0 aliphatic heterocycles. The molecule has 2 amide bonds. The van der Waals surface area contributed by atoms with Crippen LogP contribution in [-0.4, -0.2) is 11.8 Å². The van der Waals surface area contributed by atoms with Crippen LogP contribution in [0.3, 0.4) is 0 Å². The molecule has 2 N–H and O–H groups in total. The van der Waals surface area contributed by atoms with E-state index in [1.54, 1.807) is 18.2 Å². The first kappa shape index (κ1) is 21.2. The number of fused-ring (bicyclic) bond motifs is 1. The molecule has 1 aromatic heterocycles. The van der Waals surface area contributed by atoms with Crippen LogP contribution >= 0.6 is 0 Å². The maximum Gasteiger partial charge on any atom is 0.293 e. The van der Waals surface area contributed by atoms with Crippen LogP contribution < -0.4 is 10.6 Å². The normalized spacial score (nSPS) is 10.7. The van der Waals surface area contributed by atoms with E-state index in [1.807, 2.05) is 91.0 Å². The van der Waals surface area contributed by atoms with Crippen molar-refractivity contribution in [1.82, 2.24) is 0 Å². The van der Waals surface area contributed by atoms with E-state index >= 15 is 0 Å². The number of carbonyl (C=O) groups is 2. The topological polar surface area (TPSA) is 71.3 Å². The van der Waals surface area contributed by atoms with Gasteiger partial charge in [0, 0.05) is 11.1 Å². The van der Waals surface area contributed by atoms with E-state index in [0.29, 0.717) is 22.3 Å². The van der Waals surface area contributed by atoms with E-state index in [1.165, 1.54) is 0 Å². The van der Waals surface area contributed by atoms with E-state index in [-0.39, 0.29) is 18.1 Å². The number of para-hydroxylation sites is 2. The Bertz CT molecular complexity index is 1440. The third-order valence-electron chi connectivity index (χ3n) is 5.52. The number of anilines is 2. The highest BCUT2D eigenvalue weighted by Gasteiger charge is 2.22. The second kappa shape index (κ2) is 9.46. The lowest BCUT2D eigenvalue weighted by atomic mass is 10.0. The van der Waals surface area contributed by atoms with E-state index in [4.69, 9.17) is 4.42 Å². The van der Waals surface area contributed by atoms with Gasteiger partial charge in [-0.05, 0) is 41.0 Å². The van der Waals surface area contributed by atoms with Gasteiger partial charge in [-0.1, -0.05) is 84.9 Å². The lowest BCUT2D eigenvalue weighted by molar-refractivity contribution is -0.115. The molecule has 0 atom stereocenters. The SMILES string of the molecule is O=C(Cc1ccc(-c2ccccc2)cc1)Nc1c(C(=O)Nc2ccccc2)oc2ccccc12. The predicted octanol–water partition coefficient (Wildman–Crippen LogP) is 6.53. The van der Waals surface area contributed by atoms with Crippen molar-refractivity contribution in [2.24, 2.45) is 0 Å². The van der Waals surface area contributed by atoms with Crippen LogP contribution in [0.4, 0.5) is 11.4 Å². The van der Waals surface area contributed by atoms with Crippen molar-refractivity contribution >= 4 is 34.2 Å². The van der Waals surface area contributed by atoms with E-state index in [9.17, 15) is 9.59 Å². The van der Waals surface area contributed by atoms with Crippen molar-refractivity contribution in [2.75, 3.05) is 10.6 Å². The fraction of sp³-hybridized carbons (Fsp3) is 0.0345. The molecule has 5 rings (SSSR count). The highest BCUT2D eigenvalue weighted by atomic mass is 16.3. The van der Waals surface area contributed by atoms with Crippen LogP contribution in [0, 0.1) is 0 Å². The van der Waals surface area contributed by atoms with Gasteiger partial charge >= 0.3 is 0 Å². The van der Waals surface area contributed by atoms with Gasteiger partial charge in [-0.3, -0.25) is 9.59 Å². The number of benzene rings is 4. The van der Waals surface area contributed by atoms with Gasteiger partial charge in [-0.25, -0.2) is 0 Å². The summed E-state index contributed by atoms with van der Waals surface area (Å²) in [5, 5.41) is 6.40. The Labute approximate surface area is 197 Å². The van der Waals surface area contributed by atoms with Gasteiger partial charge in [0.1, 0.15) is 11.3 Å². The van der Waals surface area contributed by atoms with Crippen molar-refractivity contribution in [2.45, 2.75) is 6.42 Å². The van der Waals surface area contributed by atoms with Crippen molar-refractivity contribution < 1.29 is 14.0 Å². The zero-order valence-electron chi connectivity index (χ0n) is 18.3. The predicted molar refractivity (Wildman–Crippen MR) is 135 cm³/mol. The number of rotatable bonds is 6. The summed E-state index contributed by atoms with van der Waals surface area (Å²) in [5.41, 5.74) is 4.63. The highest BCUT2D eigenvalue weighted by Crippen LogP contribution is 2.31. The fourth-order valence-electron chi connectivity index (χ4n) is 3.85. The van der Waals surface area contributed by atoms with Crippen molar-refractivity contribution in [3.05, 3.63) is 121 Å². The molecular formula is C29H22N2O3. The van der Waals surface area contributed by atoms with Crippen LogP contribution in [0.2, 0.25) is 0 Å². The van der Waals surface area contributed by atoms with Gasteiger partial charge in [0.05, 0.1) is 6.42 Å². The largest absolute Gasteiger partial charge is 0.449 e. The summed E-state index contributed by atoms with van der Waals surface area (Å²) in [6.45, 7) is 0. The number of furan rings is 1. The summed E-state index contributed by atoms with van der Waals surface area (Å²) in [7, 11) is 0. The second-order valence-electron chi connectivity index (χ2n) is 7.91. The molecule has 0 fully saturated rings. The molecule has 34 heavy (non-hydrogen) atoms. The minimum absolute atomic E-state index is 0.0674. The Morgan fingerprint density at radius 2 is 1.26 bits per heavy atom. The smallest absolute Gasteiger partial charge is 0.293 e. The van der Waals surface area contributed by atoms with Crippen LogP contribution in [0.5, 0.6) is 0 Å². The summed E-state index contributed by atoms with van der Waals surface area (Å²) < 4.78 is 5.82. The zero-order valence-corrected chi connectivity index (χ0v) is 18.3. The van der Waals surface area contributed by atoms with E-state index < -0.39 is 5.91 Å². The Morgan fingerprint density at radius 1 is 0.647 bits per heavy atom. The molecule has 4 aromatic carbocycles. The van der Waals surface area contributed by atoms with E-state index in [2.05, 4.69) is 10.6 Å². The first-order valence-electron chi connectivity index (χ1n) is 11.0. The first-order valence-corrected chi connectivity index (χ1v) is 11.0. The molecular weight excluding hydrogens is 424 g/mol. The number of amides is 2. The summed E-state index contributed by atoms with van der Waals surface area (Å²) in [4.78, 5) is 25.9. The highest BCUT2D eigenvalue weighted by molar-refractivity contribution is 6.14. The van der Waals surface area contributed by atoms with Crippen molar-refractivity contribution in [1.29, 1.82) is 0 Å². The maximum absolute atomic E-state index is 13.0. The average molecular weight is 447 g/mol. The zero-order chi connectivity index (χ0) is 23.3. The molecule has 0 radical (unpaired) electrons. The van der Waals surface area contributed by atoms with Crippen molar-refractivity contribution in [3.8, 4) is 11.1 Å². The van der Waals surface area contributed by atoms with E-state index in [0.717, 1.165) is 16.7 Å². The molecule has 5 heteroatoms. The third kappa shape index (κ3) is 4.59. The molecule has 0 aliphatic rings. The Kier molecular flexibility index (Phi) is 5.91. The Morgan fingerprint density at radius 3 is 2.00 bits per heavy atom. The van der Waals surface area contributed by atoms with Gasteiger partial charge in [-0.2, -0.15) is 0 Å². The average Bonchev–Trinajstić information content (AvgIpc) is 3.24. The number of hydrogen-bond donors (Lipinski definition) is 2. The molecule has 166 valence electrons. The Hall–Kier alpha value is -4.64. The minimum Gasteiger partial charge on any atom is -0.449 e. The second-order valence-corrected chi connectivity index (χ2v) is 7.91. The minimum atomic E-state index is -0.426. The molecule has 0 saturated carbocycles. The quantitative estimate of drug-likeness (QED) is 0.311. The summed E-state index contributed by atoms with van der Waals surface area (Å²) in [6.07, 6.45) is 0.175. The standard InChI is InChI=1S/C29H22N2O3/c32-26(19-20-15-17-22(18-16-20)21-9-3-1-4-10-21)31-27-24-13-7-8-14-25(24)34-28(27)29(33)30-23-11-5-2-6-12-23/h1-18H,19H2,(H,30,33)(H,31,32). The molecule has 5 aromatic rings. The van der Waals surface area contributed by atoms with Gasteiger partial charge in [0.2, 0.25) is 11.7 Å². The summed E-state index contributed by atoms with van der Waals surface area (Å²) in [6, 6.07) is 34.3. The number of nitrogens with one attached hydrogen (secondary N) is 2. The van der Waals surface area contributed by atoms with Crippen LogP contribution in [0.25, 0.3) is 22.1 Å². The third-order valence-corrected chi connectivity index (χ3v) is 5.52. The van der Waals surface area contributed by atoms with Crippen LogP contribution in [-0.2, 0) is 11.2 Å².